The first-order chi connectivity index (χ1) is 15.6. The number of carbonyl (C=O) groups excluding carboxylic acids is 2. The van der Waals surface area contributed by atoms with Crippen molar-refractivity contribution < 1.29 is 14.0 Å². The quantitative estimate of drug-likeness (QED) is 0.517. The monoisotopic (exact) mass is 443 g/mol. The van der Waals surface area contributed by atoms with Gasteiger partial charge in [-0.2, -0.15) is 0 Å². The molecule has 1 heterocycles. The van der Waals surface area contributed by atoms with Crippen molar-refractivity contribution >= 4 is 17.3 Å². The topological polar surface area (TPSA) is 37.4 Å². The van der Waals surface area contributed by atoms with Gasteiger partial charge in [0.1, 0.15) is 5.82 Å². The van der Waals surface area contributed by atoms with Crippen molar-refractivity contribution in [2.75, 3.05) is 4.90 Å². The summed E-state index contributed by atoms with van der Waals surface area (Å²) in [6, 6.07) is 16.4. The van der Waals surface area contributed by atoms with Crippen LogP contribution in [0.2, 0.25) is 0 Å². The Bertz CT molecular complexity index is 1150. The molecule has 170 valence electrons. The second kappa shape index (κ2) is 7.51. The van der Waals surface area contributed by atoms with Gasteiger partial charge in [0.25, 0.3) is 0 Å². The van der Waals surface area contributed by atoms with Gasteiger partial charge < -0.3 is 4.90 Å². The van der Waals surface area contributed by atoms with Gasteiger partial charge in [0.15, 0.2) is 11.6 Å². The molecule has 0 radical (unpaired) electrons. The minimum absolute atomic E-state index is 0.0840. The highest BCUT2D eigenvalue weighted by molar-refractivity contribution is 6.08. The average Bonchev–Trinajstić information content (AvgIpc) is 2.72. The predicted octanol–water partition coefficient (Wildman–Crippen LogP) is 6.72. The van der Waals surface area contributed by atoms with E-state index in [4.69, 9.17) is 0 Å². The second-order valence-corrected chi connectivity index (χ2v) is 11.3. The highest BCUT2D eigenvalue weighted by Crippen LogP contribution is 2.55. The fourth-order valence-electron chi connectivity index (χ4n) is 5.84. The van der Waals surface area contributed by atoms with Gasteiger partial charge in [0.05, 0.1) is 0 Å². The van der Waals surface area contributed by atoms with Crippen molar-refractivity contribution in [2.24, 2.45) is 10.8 Å². The van der Waals surface area contributed by atoms with Crippen LogP contribution in [0.25, 0.3) is 0 Å². The molecule has 0 atom stereocenters. The highest BCUT2D eigenvalue weighted by atomic mass is 19.1. The predicted molar refractivity (Wildman–Crippen MR) is 128 cm³/mol. The summed E-state index contributed by atoms with van der Waals surface area (Å²) >= 11 is 0. The fraction of sp³-hybridized carbons (Fsp3) is 0.379. The number of para-hydroxylation sites is 1. The lowest BCUT2D eigenvalue weighted by Gasteiger charge is -2.49. The smallest absolute Gasteiger partial charge is 0.162 e. The van der Waals surface area contributed by atoms with E-state index >= 15 is 0 Å². The van der Waals surface area contributed by atoms with E-state index in [0.717, 1.165) is 35.5 Å². The first kappa shape index (κ1) is 21.8. The Morgan fingerprint density at radius 1 is 0.727 bits per heavy atom. The molecule has 2 aromatic carbocycles. The molecular weight excluding hydrogens is 413 g/mol. The summed E-state index contributed by atoms with van der Waals surface area (Å²) in [5.41, 5.74) is 4.82. The molecule has 0 bridgehead atoms. The van der Waals surface area contributed by atoms with Crippen molar-refractivity contribution in [3.63, 3.8) is 0 Å². The first-order valence-electron chi connectivity index (χ1n) is 11.7. The van der Waals surface area contributed by atoms with Crippen LogP contribution in [-0.2, 0) is 9.59 Å². The number of carbonyl (C=O) groups is 2. The van der Waals surface area contributed by atoms with E-state index in [1.165, 1.54) is 12.1 Å². The molecule has 33 heavy (non-hydrogen) atoms. The Labute approximate surface area is 195 Å². The maximum absolute atomic E-state index is 13.8. The Hall–Kier alpha value is -3.01. The molecule has 0 amide bonds. The van der Waals surface area contributed by atoms with Gasteiger partial charge >= 0.3 is 0 Å². The van der Waals surface area contributed by atoms with Crippen LogP contribution in [0.5, 0.6) is 0 Å². The van der Waals surface area contributed by atoms with Gasteiger partial charge in [-0.15, -0.1) is 0 Å². The lowest BCUT2D eigenvalue weighted by atomic mass is 9.63. The third-order valence-corrected chi connectivity index (χ3v) is 7.13. The summed E-state index contributed by atoms with van der Waals surface area (Å²) in [4.78, 5) is 29.6. The van der Waals surface area contributed by atoms with Crippen LogP contribution in [0.15, 0.2) is 77.1 Å². The molecule has 0 saturated heterocycles. The van der Waals surface area contributed by atoms with Gasteiger partial charge in [0, 0.05) is 47.0 Å². The molecule has 4 heteroatoms. The number of benzene rings is 2. The Morgan fingerprint density at radius 2 is 1.21 bits per heavy atom. The minimum atomic E-state index is -0.442. The summed E-state index contributed by atoms with van der Waals surface area (Å²) in [5, 5.41) is 0. The maximum atomic E-state index is 13.8. The zero-order chi connectivity index (χ0) is 23.5. The molecule has 2 aromatic rings. The lowest BCUT2D eigenvalue weighted by molar-refractivity contribution is -0.119. The number of hydrogen-bond donors (Lipinski definition) is 0. The number of rotatable bonds is 2. The summed E-state index contributed by atoms with van der Waals surface area (Å²) in [5.74, 6) is -0.597. The van der Waals surface area contributed by atoms with Crippen LogP contribution < -0.4 is 4.90 Å². The molecular formula is C29H30FNO2. The number of hydrogen-bond acceptors (Lipinski definition) is 3. The number of allylic oxidation sites excluding steroid dienone is 4. The number of nitrogens with zero attached hydrogens (tertiary/aromatic N) is 1. The van der Waals surface area contributed by atoms with Gasteiger partial charge in [-0.3, -0.25) is 9.59 Å². The molecule has 3 aliphatic rings. The van der Waals surface area contributed by atoms with Crippen LogP contribution in [0.3, 0.4) is 0 Å². The zero-order valence-corrected chi connectivity index (χ0v) is 19.7. The van der Waals surface area contributed by atoms with Crippen molar-refractivity contribution in [2.45, 2.75) is 59.3 Å². The van der Waals surface area contributed by atoms with Gasteiger partial charge in [-0.25, -0.2) is 4.39 Å². The van der Waals surface area contributed by atoms with Crippen molar-refractivity contribution in [3.05, 3.63) is 88.5 Å². The molecule has 0 N–H and O–H groups in total. The number of ketones is 2. The van der Waals surface area contributed by atoms with E-state index in [9.17, 15) is 14.0 Å². The van der Waals surface area contributed by atoms with Crippen LogP contribution in [0.1, 0.15) is 64.9 Å². The largest absolute Gasteiger partial charge is 0.317 e. The average molecular weight is 444 g/mol. The van der Waals surface area contributed by atoms with Crippen LogP contribution >= 0.6 is 0 Å². The van der Waals surface area contributed by atoms with Gasteiger partial charge in [0.2, 0.25) is 0 Å². The van der Waals surface area contributed by atoms with E-state index in [2.05, 4.69) is 32.6 Å². The van der Waals surface area contributed by atoms with E-state index in [-0.39, 0.29) is 28.2 Å². The van der Waals surface area contributed by atoms with Crippen LogP contribution in [0, 0.1) is 16.6 Å². The molecule has 1 aliphatic heterocycles. The van der Waals surface area contributed by atoms with Gasteiger partial charge in [-0.1, -0.05) is 58.0 Å². The Morgan fingerprint density at radius 3 is 1.70 bits per heavy atom. The summed E-state index contributed by atoms with van der Waals surface area (Å²) in [6.07, 6.45) is 2.36. The van der Waals surface area contributed by atoms with Gasteiger partial charge in [-0.05, 0) is 53.5 Å². The standard InChI is InChI=1S/C29H30FNO2/c1-28(2)14-21-26(23(32)16-28)25(18-10-12-19(30)13-11-18)27-22(15-29(3,4)17-24(27)33)31(21)20-8-6-5-7-9-20/h5-13,25H,14-17H2,1-4H3. The Balaban J connectivity index is 1.82. The third-order valence-electron chi connectivity index (χ3n) is 7.13. The first-order valence-corrected chi connectivity index (χ1v) is 11.7. The van der Waals surface area contributed by atoms with Crippen molar-refractivity contribution in [1.29, 1.82) is 0 Å². The lowest BCUT2D eigenvalue weighted by Crippen LogP contribution is -2.44. The molecule has 5 rings (SSSR count). The van der Waals surface area contributed by atoms with E-state index < -0.39 is 5.92 Å². The van der Waals surface area contributed by atoms with Crippen molar-refractivity contribution in [3.8, 4) is 0 Å². The number of anilines is 1. The van der Waals surface area contributed by atoms with Crippen LogP contribution in [-0.4, -0.2) is 11.6 Å². The molecule has 0 unspecified atom stereocenters. The summed E-state index contributed by atoms with van der Waals surface area (Å²) in [6.45, 7) is 8.52. The minimum Gasteiger partial charge on any atom is -0.317 e. The summed E-state index contributed by atoms with van der Waals surface area (Å²) in [7, 11) is 0. The van der Waals surface area contributed by atoms with E-state index in [1.807, 2.05) is 30.3 Å². The van der Waals surface area contributed by atoms with E-state index in [1.54, 1.807) is 12.1 Å². The molecule has 0 saturated carbocycles. The van der Waals surface area contributed by atoms with E-state index in [0.29, 0.717) is 24.0 Å². The molecule has 2 aliphatic carbocycles. The number of halogens is 1. The summed E-state index contributed by atoms with van der Waals surface area (Å²) < 4.78 is 13.8. The fourth-order valence-corrected chi connectivity index (χ4v) is 5.84. The third kappa shape index (κ3) is 3.76. The van der Waals surface area contributed by atoms with Crippen molar-refractivity contribution in [1.82, 2.24) is 0 Å². The Kier molecular flexibility index (Phi) is 4.97. The molecule has 0 aromatic heterocycles. The SMILES string of the molecule is CC1(C)CC(=O)C2=C(C1)N(c1ccccc1)C1=C(C(=O)CC(C)(C)C1)C2c1ccc(F)cc1. The molecule has 0 spiro atoms. The normalized spacial score (nSPS) is 22.4. The molecule has 3 nitrogen and oxygen atoms in total. The van der Waals surface area contributed by atoms with Crippen LogP contribution in [0.4, 0.5) is 10.1 Å². The second-order valence-electron chi connectivity index (χ2n) is 11.3. The maximum Gasteiger partial charge on any atom is 0.162 e. The number of Topliss-reactive ketones (excluding diaryl/α,β-unsaturated/α-hetero) is 2. The molecule has 0 fully saturated rings. The zero-order valence-electron chi connectivity index (χ0n) is 19.7. The highest BCUT2D eigenvalue weighted by Gasteiger charge is 2.49.